The van der Waals surface area contributed by atoms with Crippen molar-refractivity contribution < 1.29 is 0 Å². The van der Waals surface area contributed by atoms with E-state index in [9.17, 15) is 0 Å². The second-order valence-corrected chi connectivity index (χ2v) is 5.25. The van der Waals surface area contributed by atoms with Crippen LogP contribution < -0.4 is 5.32 Å². The molecule has 0 saturated heterocycles. The normalized spacial score (nSPS) is 17.1. The van der Waals surface area contributed by atoms with Crippen molar-refractivity contribution in [2.45, 2.75) is 84.8 Å². The number of hydrogen-bond donors (Lipinski definition) is 1. The molecule has 3 unspecified atom stereocenters. The van der Waals surface area contributed by atoms with Crippen molar-refractivity contribution in [1.29, 1.82) is 0 Å². The fraction of sp³-hybridized carbons (Fsp3) is 1.00. The molecule has 0 amide bonds. The molecule has 0 saturated carbocycles. The molecule has 0 aliphatic carbocycles. The van der Waals surface area contributed by atoms with Crippen LogP contribution in [-0.4, -0.2) is 36.6 Å². The van der Waals surface area contributed by atoms with E-state index in [2.05, 4.69) is 51.9 Å². The second-order valence-electron chi connectivity index (χ2n) is 5.25. The van der Waals surface area contributed by atoms with Crippen molar-refractivity contribution in [3.63, 3.8) is 0 Å². The van der Waals surface area contributed by atoms with Crippen molar-refractivity contribution in [2.75, 3.05) is 13.6 Å². The van der Waals surface area contributed by atoms with Gasteiger partial charge in [-0.3, -0.25) is 4.90 Å². The quantitative estimate of drug-likeness (QED) is 0.629. The van der Waals surface area contributed by atoms with E-state index in [1.165, 1.54) is 32.1 Å². The third-order valence-electron chi connectivity index (χ3n) is 3.95. The van der Waals surface area contributed by atoms with Gasteiger partial charge in [-0.1, -0.05) is 34.1 Å². The van der Waals surface area contributed by atoms with Crippen LogP contribution >= 0.6 is 0 Å². The lowest BCUT2D eigenvalue weighted by molar-refractivity contribution is 0.134. The van der Waals surface area contributed by atoms with E-state index >= 15 is 0 Å². The largest absolute Gasteiger partial charge is 0.312 e. The number of hydrogen-bond acceptors (Lipinski definition) is 2. The van der Waals surface area contributed by atoms with E-state index in [4.69, 9.17) is 0 Å². The number of likely N-dealkylation sites (N-methyl/N-ethyl adjacent to an activating group) is 1. The Morgan fingerprint density at radius 2 is 1.65 bits per heavy atom. The lowest BCUT2D eigenvalue weighted by Gasteiger charge is -2.38. The van der Waals surface area contributed by atoms with Crippen LogP contribution in [0.25, 0.3) is 0 Å². The SMILES string of the molecule is CCCNC(CCC)C(CC)N(C)C(C)CC. The summed E-state index contributed by atoms with van der Waals surface area (Å²) in [6, 6.07) is 2.02. The lowest BCUT2D eigenvalue weighted by Crippen LogP contribution is -2.51. The molecule has 3 atom stereocenters. The summed E-state index contributed by atoms with van der Waals surface area (Å²) in [6.45, 7) is 12.6. The zero-order chi connectivity index (χ0) is 13.3. The van der Waals surface area contributed by atoms with Gasteiger partial charge in [0.05, 0.1) is 0 Å². The fourth-order valence-corrected chi connectivity index (χ4v) is 2.54. The Morgan fingerprint density at radius 1 is 1.00 bits per heavy atom. The summed E-state index contributed by atoms with van der Waals surface area (Å²) in [6.07, 6.45) is 6.26. The minimum atomic E-state index is 0.656. The molecule has 104 valence electrons. The van der Waals surface area contributed by atoms with Gasteiger partial charge in [-0.15, -0.1) is 0 Å². The summed E-state index contributed by atoms with van der Waals surface area (Å²) in [7, 11) is 2.29. The standard InChI is InChI=1S/C15H34N2/c1-7-11-14(16-12-8-2)15(10-4)17(6)13(5)9-3/h13-16H,7-12H2,1-6H3. The van der Waals surface area contributed by atoms with Crippen LogP contribution in [0.3, 0.4) is 0 Å². The van der Waals surface area contributed by atoms with Crippen LogP contribution in [-0.2, 0) is 0 Å². The molecule has 2 heteroatoms. The van der Waals surface area contributed by atoms with Gasteiger partial charge in [-0.2, -0.15) is 0 Å². The molecule has 0 aromatic heterocycles. The van der Waals surface area contributed by atoms with E-state index in [1.54, 1.807) is 0 Å². The van der Waals surface area contributed by atoms with Crippen molar-refractivity contribution in [2.24, 2.45) is 0 Å². The first-order chi connectivity index (χ1) is 8.12. The van der Waals surface area contributed by atoms with Gasteiger partial charge in [0.15, 0.2) is 0 Å². The fourth-order valence-electron chi connectivity index (χ4n) is 2.54. The molecule has 17 heavy (non-hydrogen) atoms. The first-order valence-corrected chi connectivity index (χ1v) is 7.57. The van der Waals surface area contributed by atoms with E-state index in [0.29, 0.717) is 18.1 Å². The molecule has 0 aliphatic rings. The number of rotatable bonds is 10. The Morgan fingerprint density at radius 3 is 2.06 bits per heavy atom. The van der Waals surface area contributed by atoms with Crippen LogP contribution in [0.15, 0.2) is 0 Å². The predicted octanol–water partition coefficient (Wildman–Crippen LogP) is 3.66. The molecule has 0 bridgehead atoms. The summed E-state index contributed by atoms with van der Waals surface area (Å²) < 4.78 is 0. The van der Waals surface area contributed by atoms with Gasteiger partial charge < -0.3 is 5.32 Å². The van der Waals surface area contributed by atoms with Gasteiger partial charge in [0.25, 0.3) is 0 Å². The Bertz CT molecular complexity index is 170. The van der Waals surface area contributed by atoms with Gasteiger partial charge in [-0.05, 0) is 46.2 Å². The predicted molar refractivity (Wildman–Crippen MR) is 78.6 cm³/mol. The van der Waals surface area contributed by atoms with Gasteiger partial charge in [0.2, 0.25) is 0 Å². The van der Waals surface area contributed by atoms with Crippen molar-refractivity contribution in [1.82, 2.24) is 10.2 Å². The second kappa shape index (κ2) is 9.90. The average molecular weight is 242 g/mol. The Hall–Kier alpha value is -0.0800. The van der Waals surface area contributed by atoms with Gasteiger partial charge in [0.1, 0.15) is 0 Å². The van der Waals surface area contributed by atoms with E-state index in [0.717, 1.165) is 6.54 Å². The first kappa shape index (κ1) is 16.9. The summed E-state index contributed by atoms with van der Waals surface area (Å²) >= 11 is 0. The third-order valence-corrected chi connectivity index (χ3v) is 3.95. The summed E-state index contributed by atoms with van der Waals surface area (Å²) in [4.78, 5) is 2.57. The maximum absolute atomic E-state index is 3.74. The number of nitrogens with zero attached hydrogens (tertiary/aromatic N) is 1. The molecule has 0 radical (unpaired) electrons. The first-order valence-electron chi connectivity index (χ1n) is 7.57. The highest BCUT2D eigenvalue weighted by Gasteiger charge is 2.24. The molecule has 0 rings (SSSR count). The highest BCUT2D eigenvalue weighted by Crippen LogP contribution is 2.16. The molecule has 0 heterocycles. The van der Waals surface area contributed by atoms with Crippen molar-refractivity contribution in [3.05, 3.63) is 0 Å². The van der Waals surface area contributed by atoms with Crippen molar-refractivity contribution >= 4 is 0 Å². The van der Waals surface area contributed by atoms with E-state index in [-0.39, 0.29) is 0 Å². The maximum atomic E-state index is 3.74. The van der Waals surface area contributed by atoms with E-state index in [1.807, 2.05) is 0 Å². The summed E-state index contributed by atoms with van der Waals surface area (Å²) in [5.74, 6) is 0. The molecular weight excluding hydrogens is 208 g/mol. The molecule has 1 N–H and O–H groups in total. The van der Waals surface area contributed by atoms with Gasteiger partial charge >= 0.3 is 0 Å². The maximum Gasteiger partial charge on any atom is 0.0246 e. The smallest absolute Gasteiger partial charge is 0.0246 e. The zero-order valence-corrected chi connectivity index (χ0v) is 12.9. The Kier molecular flexibility index (Phi) is 9.85. The Balaban J connectivity index is 4.51. The average Bonchev–Trinajstić information content (AvgIpc) is 2.35. The molecular formula is C15H34N2. The van der Waals surface area contributed by atoms with E-state index < -0.39 is 0 Å². The van der Waals surface area contributed by atoms with Crippen LogP contribution in [0, 0.1) is 0 Å². The van der Waals surface area contributed by atoms with Crippen LogP contribution in [0.5, 0.6) is 0 Å². The van der Waals surface area contributed by atoms with Gasteiger partial charge in [-0.25, -0.2) is 0 Å². The van der Waals surface area contributed by atoms with Crippen LogP contribution in [0.1, 0.15) is 66.7 Å². The summed E-state index contributed by atoms with van der Waals surface area (Å²) in [5, 5.41) is 3.74. The topological polar surface area (TPSA) is 15.3 Å². The zero-order valence-electron chi connectivity index (χ0n) is 12.9. The van der Waals surface area contributed by atoms with Crippen LogP contribution in [0.2, 0.25) is 0 Å². The highest BCUT2D eigenvalue weighted by molar-refractivity contribution is 4.84. The molecule has 0 spiro atoms. The van der Waals surface area contributed by atoms with Crippen molar-refractivity contribution in [3.8, 4) is 0 Å². The highest BCUT2D eigenvalue weighted by atomic mass is 15.2. The Labute approximate surface area is 109 Å². The number of nitrogens with one attached hydrogen (secondary N) is 1. The molecule has 0 aliphatic heterocycles. The monoisotopic (exact) mass is 242 g/mol. The summed E-state index contributed by atoms with van der Waals surface area (Å²) in [5.41, 5.74) is 0. The molecule has 2 nitrogen and oxygen atoms in total. The minimum absolute atomic E-state index is 0.656. The third kappa shape index (κ3) is 5.87. The minimum Gasteiger partial charge on any atom is -0.312 e. The van der Waals surface area contributed by atoms with Crippen LogP contribution in [0.4, 0.5) is 0 Å². The molecule has 0 fully saturated rings. The molecule has 0 aromatic carbocycles. The molecule has 0 aromatic rings. The van der Waals surface area contributed by atoms with Gasteiger partial charge in [0, 0.05) is 18.1 Å². The lowest BCUT2D eigenvalue weighted by atomic mass is 9.97.